The molecular weight excluding hydrogens is 457 g/mol. The van der Waals surface area contributed by atoms with Gasteiger partial charge in [-0.05, 0) is 42.9 Å². The van der Waals surface area contributed by atoms with Gasteiger partial charge in [-0.2, -0.15) is 17.9 Å². The molecule has 1 saturated carbocycles. The first kappa shape index (κ1) is 21.6. The predicted molar refractivity (Wildman–Crippen MR) is 108 cm³/mol. The molecule has 3 rings (SSSR count). The van der Waals surface area contributed by atoms with Gasteiger partial charge >= 0.3 is 6.18 Å². The Morgan fingerprint density at radius 2 is 1.86 bits per heavy atom. The Hall–Kier alpha value is -1.06. The third-order valence-corrected chi connectivity index (χ3v) is 7.49. The van der Waals surface area contributed by atoms with Crippen LogP contribution in [0.1, 0.15) is 50.8 Å². The normalized spacial score (nSPS) is 17.3. The molecule has 1 aliphatic rings. The topological polar surface area (TPSA) is 51.1 Å². The molecule has 1 fully saturated rings. The van der Waals surface area contributed by atoms with Crippen LogP contribution in [-0.2, 0) is 16.6 Å². The van der Waals surface area contributed by atoms with Gasteiger partial charge < -0.3 is 4.57 Å². The van der Waals surface area contributed by atoms with E-state index in [0.717, 1.165) is 10.0 Å². The number of hydrogen-bond donors (Lipinski definition) is 1. The van der Waals surface area contributed by atoms with E-state index in [-0.39, 0.29) is 11.0 Å². The molecule has 0 saturated heterocycles. The minimum absolute atomic E-state index is 0.0634. The maximum atomic E-state index is 13.9. The van der Waals surface area contributed by atoms with Crippen molar-refractivity contribution in [3.8, 4) is 0 Å². The molecule has 0 radical (unpaired) electrons. The summed E-state index contributed by atoms with van der Waals surface area (Å²) in [4.78, 5) is 0. The maximum Gasteiger partial charge on any atom is 0.408 e. The number of hydrogen-bond acceptors (Lipinski definition) is 2. The molecule has 1 aromatic carbocycles. The van der Waals surface area contributed by atoms with Crippen LogP contribution >= 0.6 is 15.9 Å². The Balaban J connectivity index is 2.19. The van der Waals surface area contributed by atoms with Crippen molar-refractivity contribution >= 4 is 36.9 Å². The van der Waals surface area contributed by atoms with Crippen LogP contribution in [0.2, 0.25) is 0 Å². The lowest BCUT2D eigenvalue weighted by Crippen LogP contribution is -2.39. The lowest BCUT2D eigenvalue weighted by molar-refractivity contribution is -0.152. The van der Waals surface area contributed by atoms with Crippen molar-refractivity contribution in [2.75, 3.05) is 0 Å². The van der Waals surface area contributed by atoms with Gasteiger partial charge in [0.25, 0.3) is 0 Å². The molecule has 1 aromatic heterocycles. The van der Waals surface area contributed by atoms with E-state index in [1.165, 1.54) is 6.20 Å². The molecule has 0 spiro atoms. The van der Waals surface area contributed by atoms with E-state index in [9.17, 15) is 21.6 Å². The molecule has 1 atom stereocenters. The Morgan fingerprint density at radius 3 is 2.36 bits per heavy atom. The minimum atomic E-state index is -4.75. The molecule has 2 aromatic rings. The van der Waals surface area contributed by atoms with Crippen LogP contribution in [0, 0.1) is 12.3 Å². The second kappa shape index (κ2) is 7.02. The molecule has 28 heavy (non-hydrogen) atoms. The average molecular weight is 481 g/mol. The van der Waals surface area contributed by atoms with Crippen LogP contribution in [0.5, 0.6) is 0 Å². The highest BCUT2D eigenvalue weighted by Crippen LogP contribution is 2.41. The van der Waals surface area contributed by atoms with Crippen molar-refractivity contribution < 1.29 is 21.6 Å². The number of rotatable bonds is 5. The van der Waals surface area contributed by atoms with Gasteiger partial charge in [0, 0.05) is 33.7 Å². The number of alkyl halides is 3. The van der Waals surface area contributed by atoms with Crippen molar-refractivity contribution in [3.63, 3.8) is 0 Å². The van der Waals surface area contributed by atoms with E-state index in [1.807, 2.05) is 25.5 Å². The molecule has 0 bridgehead atoms. The van der Waals surface area contributed by atoms with Crippen LogP contribution in [0.4, 0.5) is 13.2 Å². The molecule has 156 valence electrons. The zero-order valence-corrected chi connectivity index (χ0v) is 18.6. The van der Waals surface area contributed by atoms with Gasteiger partial charge in [-0.15, -0.1) is 0 Å². The third kappa shape index (κ3) is 4.57. The number of halogens is 4. The van der Waals surface area contributed by atoms with E-state index in [2.05, 4.69) is 15.9 Å². The largest absolute Gasteiger partial charge is 0.408 e. The number of benzene rings is 1. The summed E-state index contributed by atoms with van der Waals surface area (Å²) in [5.41, 5.74) is 1.20. The Labute approximate surface area is 171 Å². The van der Waals surface area contributed by atoms with Crippen LogP contribution in [0.15, 0.2) is 22.8 Å². The van der Waals surface area contributed by atoms with Gasteiger partial charge in [0.1, 0.15) is 6.04 Å². The molecule has 0 amide bonds. The Kier molecular flexibility index (Phi) is 5.43. The number of sulfonamides is 1. The van der Waals surface area contributed by atoms with Crippen LogP contribution < -0.4 is 4.72 Å². The molecule has 1 aliphatic carbocycles. The second-order valence-corrected chi connectivity index (χ2v) is 11.6. The van der Waals surface area contributed by atoms with Crippen molar-refractivity contribution in [2.24, 2.45) is 5.41 Å². The molecular formula is C19H24BrF3N2O2S. The molecule has 0 unspecified atom stereocenters. The van der Waals surface area contributed by atoms with Crippen molar-refractivity contribution in [1.29, 1.82) is 0 Å². The number of aryl methyl sites for hydroxylation is 1. The zero-order chi connectivity index (χ0) is 21.1. The summed E-state index contributed by atoms with van der Waals surface area (Å²) in [6.07, 6.45) is -2.51. The summed E-state index contributed by atoms with van der Waals surface area (Å²) < 4.78 is 70.9. The lowest BCUT2D eigenvalue weighted by Gasteiger charge is -2.22. The van der Waals surface area contributed by atoms with Crippen LogP contribution in [-0.4, -0.2) is 24.4 Å². The second-order valence-electron chi connectivity index (χ2n) is 8.73. The fourth-order valence-corrected chi connectivity index (χ4v) is 5.13. The average Bonchev–Trinajstić information content (AvgIpc) is 3.31. The molecule has 0 aliphatic heterocycles. The van der Waals surface area contributed by atoms with Gasteiger partial charge in [-0.1, -0.05) is 36.7 Å². The van der Waals surface area contributed by atoms with E-state index >= 15 is 0 Å². The number of nitrogens with one attached hydrogen (secondary N) is 1. The van der Waals surface area contributed by atoms with Gasteiger partial charge in [-0.3, -0.25) is 0 Å². The number of nitrogens with zero attached hydrogens (tertiary/aromatic N) is 1. The molecule has 9 heteroatoms. The highest BCUT2D eigenvalue weighted by Gasteiger charge is 2.47. The first-order valence-corrected chi connectivity index (χ1v) is 11.4. The van der Waals surface area contributed by atoms with E-state index < -0.39 is 27.5 Å². The lowest BCUT2D eigenvalue weighted by atomic mass is 9.97. The smallest absolute Gasteiger partial charge is 0.347 e. The first-order chi connectivity index (χ1) is 12.7. The maximum absolute atomic E-state index is 13.9. The molecule has 4 nitrogen and oxygen atoms in total. The molecule has 1 heterocycles. The fourth-order valence-electron chi connectivity index (χ4n) is 3.26. The van der Waals surface area contributed by atoms with Crippen molar-refractivity contribution in [3.05, 3.63) is 33.9 Å². The van der Waals surface area contributed by atoms with Crippen molar-refractivity contribution in [1.82, 2.24) is 9.29 Å². The van der Waals surface area contributed by atoms with Crippen LogP contribution in [0.3, 0.4) is 0 Å². The van der Waals surface area contributed by atoms with Crippen LogP contribution in [0.25, 0.3) is 10.9 Å². The first-order valence-electron chi connectivity index (χ1n) is 9.06. The standard InChI is InChI=1S/C19H24BrF3N2O2S/c1-11-7-13-14(9-25(10-18(2,3)4)16(13)8-15(11)20)17(19(21,22)23)24-28(26,27)12-5-6-12/h7-9,12,17,24H,5-6,10H2,1-4H3/t17-/m0/s1. The number of fused-ring (bicyclic) bond motifs is 1. The highest BCUT2D eigenvalue weighted by atomic mass is 79.9. The summed E-state index contributed by atoms with van der Waals surface area (Å²) in [6.45, 7) is 8.29. The Bertz CT molecular complexity index is 1000. The van der Waals surface area contributed by atoms with Gasteiger partial charge in [-0.25, -0.2) is 8.42 Å². The highest BCUT2D eigenvalue weighted by molar-refractivity contribution is 9.10. The summed E-state index contributed by atoms with van der Waals surface area (Å²) in [5, 5.41) is -0.318. The van der Waals surface area contributed by atoms with Gasteiger partial charge in [0.15, 0.2) is 0 Å². The van der Waals surface area contributed by atoms with E-state index in [4.69, 9.17) is 0 Å². The minimum Gasteiger partial charge on any atom is -0.347 e. The van der Waals surface area contributed by atoms with Gasteiger partial charge in [0.2, 0.25) is 10.0 Å². The summed E-state index contributed by atoms with van der Waals surface area (Å²) in [5.74, 6) is 0. The summed E-state index contributed by atoms with van der Waals surface area (Å²) in [7, 11) is -4.02. The predicted octanol–water partition coefficient (Wildman–Crippen LogP) is 5.44. The fraction of sp³-hybridized carbons (Fsp3) is 0.579. The quantitative estimate of drug-likeness (QED) is 0.618. The van der Waals surface area contributed by atoms with Crippen molar-refractivity contribution in [2.45, 2.75) is 64.5 Å². The number of aromatic nitrogens is 1. The molecule has 1 N–H and O–H groups in total. The summed E-state index contributed by atoms with van der Waals surface area (Å²) in [6, 6.07) is 1.20. The zero-order valence-electron chi connectivity index (χ0n) is 16.2. The summed E-state index contributed by atoms with van der Waals surface area (Å²) >= 11 is 3.45. The monoisotopic (exact) mass is 480 g/mol. The van der Waals surface area contributed by atoms with Gasteiger partial charge in [0.05, 0.1) is 5.25 Å². The SMILES string of the molecule is Cc1cc2c([C@H](NS(=O)(=O)C3CC3)C(F)(F)F)cn(CC(C)(C)C)c2cc1Br. The Morgan fingerprint density at radius 1 is 1.25 bits per heavy atom. The third-order valence-electron chi connectivity index (χ3n) is 4.72. The van der Waals surface area contributed by atoms with E-state index in [0.29, 0.717) is 30.3 Å². The van der Waals surface area contributed by atoms with E-state index in [1.54, 1.807) is 23.6 Å².